The Balaban J connectivity index is 1.27. The molecule has 1 aliphatic carbocycles. The zero-order valence-electron chi connectivity index (χ0n) is 18.5. The summed E-state index contributed by atoms with van der Waals surface area (Å²) in [6.45, 7) is 1.71. The molecule has 1 saturated heterocycles. The van der Waals surface area contributed by atoms with Gasteiger partial charge in [0.25, 0.3) is 0 Å². The topological polar surface area (TPSA) is 116 Å². The summed E-state index contributed by atoms with van der Waals surface area (Å²) in [5.41, 5.74) is 2.75. The van der Waals surface area contributed by atoms with Crippen molar-refractivity contribution in [1.82, 2.24) is 10.2 Å². The number of carboxylic acids is 1. The lowest BCUT2D eigenvalue weighted by molar-refractivity contribution is -0.182. The van der Waals surface area contributed by atoms with Crippen LogP contribution in [0.1, 0.15) is 43.2 Å². The molecule has 1 atom stereocenters. The third-order valence-electron chi connectivity index (χ3n) is 6.52. The van der Waals surface area contributed by atoms with Crippen molar-refractivity contribution in [3.63, 3.8) is 0 Å². The molecule has 8 heteroatoms. The molecule has 2 amide bonds. The number of ether oxygens (including phenoxy) is 1. The number of aliphatic hydroxyl groups is 1. The number of β-amino-alcohol motifs (C(OH)–C–C–N with tert-alkyl or cyclic N) is 1. The molecule has 0 saturated carbocycles. The molecule has 1 aliphatic heterocycles. The highest BCUT2D eigenvalue weighted by Crippen LogP contribution is 2.44. The van der Waals surface area contributed by atoms with Crippen LogP contribution in [-0.4, -0.2) is 64.4 Å². The van der Waals surface area contributed by atoms with Crippen LogP contribution in [0.25, 0.3) is 11.1 Å². The summed E-state index contributed by atoms with van der Waals surface area (Å²) < 4.78 is 5.57. The molecule has 0 aromatic heterocycles. The van der Waals surface area contributed by atoms with E-state index in [0.717, 1.165) is 22.3 Å². The molecular weight excluding hydrogens is 424 g/mol. The molecule has 0 radical (unpaired) electrons. The summed E-state index contributed by atoms with van der Waals surface area (Å²) >= 11 is 0. The summed E-state index contributed by atoms with van der Waals surface area (Å²) in [6, 6.07) is 16.0. The molecule has 1 heterocycles. The van der Waals surface area contributed by atoms with E-state index in [0.29, 0.717) is 12.8 Å². The number of carbonyl (C=O) groups is 3. The first-order chi connectivity index (χ1) is 15.8. The fourth-order valence-electron chi connectivity index (χ4n) is 4.54. The van der Waals surface area contributed by atoms with Crippen molar-refractivity contribution in [1.29, 1.82) is 0 Å². The number of fused-ring (bicyclic) bond motifs is 3. The largest absolute Gasteiger partial charge is 0.479 e. The summed E-state index contributed by atoms with van der Waals surface area (Å²) in [5, 5.41) is 21.5. The maximum Gasteiger partial charge on any atom is 0.407 e. The van der Waals surface area contributed by atoms with E-state index in [4.69, 9.17) is 9.84 Å². The quantitative estimate of drug-likeness (QED) is 0.567. The van der Waals surface area contributed by atoms with E-state index >= 15 is 0 Å². The van der Waals surface area contributed by atoms with Gasteiger partial charge in [0.2, 0.25) is 5.91 Å². The Kier molecular flexibility index (Phi) is 6.37. The third-order valence-corrected chi connectivity index (χ3v) is 6.52. The first-order valence-corrected chi connectivity index (χ1v) is 11.2. The van der Waals surface area contributed by atoms with Gasteiger partial charge in [-0.1, -0.05) is 55.5 Å². The second-order valence-corrected chi connectivity index (χ2v) is 8.70. The van der Waals surface area contributed by atoms with E-state index in [9.17, 15) is 19.5 Å². The highest BCUT2D eigenvalue weighted by molar-refractivity contribution is 5.85. The van der Waals surface area contributed by atoms with Crippen LogP contribution in [0.5, 0.6) is 0 Å². The minimum absolute atomic E-state index is 0.0239. The molecule has 3 N–H and O–H groups in total. The lowest BCUT2D eigenvalue weighted by Crippen LogP contribution is -2.67. The van der Waals surface area contributed by atoms with Crippen LogP contribution in [0.3, 0.4) is 0 Å². The molecular formula is C25H28N2O6. The van der Waals surface area contributed by atoms with Gasteiger partial charge < -0.3 is 25.2 Å². The molecule has 2 aromatic carbocycles. The normalized spacial score (nSPS) is 16.8. The summed E-state index contributed by atoms with van der Waals surface area (Å²) in [4.78, 5) is 37.0. The van der Waals surface area contributed by atoms with E-state index in [1.54, 1.807) is 0 Å². The number of carboxylic acid groups (broad SMARTS) is 1. The fourth-order valence-corrected chi connectivity index (χ4v) is 4.54. The van der Waals surface area contributed by atoms with E-state index in [-0.39, 0.29) is 44.0 Å². The molecule has 0 spiro atoms. The van der Waals surface area contributed by atoms with Crippen molar-refractivity contribution < 1.29 is 29.3 Å². The summed E-state index contributed by atoms with van der Waals surface area (Å²) in [5.74, 6) is -1.59. The van der Waals surface area contributed by atoms with Crippen molar-refractivity contribution in [2.24, 2.45) is 0 Å². The third kappa shape index (κ3) is 4.57. The second kappa shape index (κ2) is 9.23. The number of nitrogens with zero attached hydrogens (tertiary/aromatic N) is 1. The van der Waals surface area contributed by atoms with Crippen LogP contribution in [-0.2, 0) is 14.3 Å². The first kappa shape index (κ1) is 22.8. The van der Waals surface area contributed by atoms with Gasteiger partial charge in [-0.25, -0.2) is 9.59 Å². The number of alkyl carbamates (subject to hydrolysis) is 1. The van der Waals surface area contributed by atoms with E-state index in [1.165, 1.54) is 4.90 Å². The van der Waals surface area contributed by atoms with E-state index in [1.807, 2.05) is 31.2 Å². The Morgan fingerprint density at radius 1 is 1.09 bits per heavy atom. The number of hydrogen-bond donors (Lipinski definition) is 3. The van der Waals surface area contributed by atoms with Crippen LogP contribution < -0.4 is 5.32 Å². The number of likely N-dealkylation sites (tertiary alicyclic amines) is 1. The van der Waals surface area contributed by atoms with Crippen molar-refractivity contribution in [3.8, 4) is 11.1 Å². The highest BCUT2D eigenvalue weighted by Gasteiger charge is 2.49. The number of nitrogens with one attached hydrogen (secondary N) is 1. The predicted octanol–water partition coefficient (Wildman–Crippen LogP) is 2.74. The summed E-state index contributed by atoms with van der Waals surface area (Å²) in [6.07, 6.45) is 0.649. The molecule has 2 aliphatic rings. The minimum Gasteiger partial charge on any atom is -0.479 e. The number of rotatable bonds is 8. The molecule has 1 unspecified atom stereocenters. The Hall–Kier alpha value is -3.39. The standard InChI is InChI=1S/C25H28N2O6/c1-2-16(11-12-22(28)27-14-25(32,15-27)23(29)30)26-24(31)33-13-21-19-9-5-3-7-17(19)18-8-4-6-10-20(18)21/h3-10,16,21,32H,2,11-15H2,1H3,(H,26,31)(H,29,30). The van der Waals surface area contributed by atoms with Crippen LogP contribution in [0.4, 0.5) is 4.79 Å². The maximum atomic E-state index is 12.5. The SMILES string of the molecule is CCC(CCC(=O)N1CC(O)(C(=O)O)C1)NC(=O)OCC1c2ccccc2-c2ccccc21. The maximum absolute atomic E-state index is 12.5. The van der Waals surface area contributed by atoms with Gasteiger partial charge in [0.1, 0.15) is 6.61 Å². The molecule has 1 fully saturated rings. The lowest BCUT2D eigenvalue weighted by atomic mass is 9.93. The number of benzene rings is 2. The van der Waals surface area contributed by atoms with Crippen molar-refractivity contribution in [3.05, 3.63) is 59.7 Å². The highest BCUT2D eigenvalue weighted by atomic mass is 16.5. The van der Waals surface area contributed by atoms with Crippen LogP contribution in [0.2, 0.25) is 0 Å². The van der Waals surface area contributed by atoms with Gasteiger partial charge in [-0.2, -0.15) is 0 Å². The Labute approximate surface area is 192 Å². The number of hydrogen-bond acceptors (Lipinski definition) is 5. The van der Waals surface area contributed by atoms with Gasteiger partial charge in [-0.05, 0) is 35.1 Å². The van der Waals surface area contributed by atoms with E-state index in [2.05, 4.69) is 29.6 Å². The van der Waals surface area contributed by atoms with Gasteiger partial charge in [0.05, 0.1) is 13.1 Å². The second-order valence-electron chi connectivity index (χ2n) is 8.70. The Bertz CT molecular complexity index is 1020. The van der Waals surface area contributed by atoms with Crippen molar-refractivity contribution in [2.75, 3.05) is 19.7 Å². The van der Waals surface area contributed by atoms with E-state index < -0.39 is 17.7 Å². The van der Waals surface area contributed by atoms with Gasteiger partial charge in [0, 0.05) is 18.4 Å². The average molecular weight is 453 g/mol. The molecule has 2 aromatic rings. The van der Waals surface area contributed by atoms with Crippen LogP contribution >= 0.6 is 0 Å². The van der Waals surface area contributed by atoms with Crippen LogP contribution in [0, 0.1) is 0 Å². The average Bonchev–Trinajstić information content (AvgIpc) is 3.11. The molecule has 33 heavy (non-hydrogen) atoms. The van der Waals surface area contributed by atoms with Gasteiger partial charge in [-0.15, -0.1) is 0 Å². The van der Waals surface area contributed by atoms with Gasteiger partial charge >= 0.3 is 12.1 Å². The van der Waals surface area contributed by atoms with Crippen LogP contribution in [0.15, 0.2) is 48.5 Å². The monoisotopic (exact) mass is 452 g/mol. The molecule has 0 bridgehead atoms. The van der Waals surface area contributed by atoms with Gasteiger partial charge in [-0.3, -0.25) is 4.79 Å². The molecule has 8 nitrogen and oxygen atoms in total. The number of aliphatic carboxylic acids is 1. The molecule has 174 valence electrons. The fraction of sp³-hybridized carbons (Fsp3) is 0.400. The first-order valence-electron chi connectivity index (χ1n) is 11.2. The zero-order chi connectivity index (χ0) is 23.6. The Morgan fingerprint density at radius 2 is 1.67 bits per heavy atom. The number of carbonyl (C=O) groups excluding carboxylic acids is 2. The predicted molar refractivity (Wildman–Crippen MR) is 121 cm³/mol. The number of amides is 2. The Morgan fingerprint density at radius 3 is 2.21 bits per heavy atom. The lowest BCUT2D eigenvalue weighted by Gasteiger charge is -2.43. The van der Waals surface area contributed by atoms with Gasteiger partial charge in [0.15, 0.2) is 5.60 Å². The summed E-state index contributed by atoms with van der Waals surface area (Å²) in [7, 11) is 0. The van der Waals surface area contributed by atoms with Crippen molar-refractivity contribution in [2.45, 2.75) is 43.7 Å². The zero-order valence-corrected chi connectivity index (χ0v) is 18.5. The smallest absolute Gasteiger partial charge is 0.407 e. The van der Waals surface area contributed by atoms with Crippen molar-refractivity contribution >= 4 is 18.0 Å². The molecule has 4 rings (SSSR count). The minimum atomic E-state index is -1.85.